The summed E-state index contributed by atoms with van der Waals surface area (Å²) in [7, 11) is 0. The molecule has 98 valence electrons. The number of anilines is 1. The van der Waals surface area contributed by atoms with Crippen LogP contribution in [-0.2, 0) is 4.79 Å². The highest BCUT2D eigenvalue weighted by atomic mass is 32.2. The molecule has 0 aromatic carbocycles. The normalized spacial score (nSPS) is 21.1. The second-order valence-electron chi connectivity index (χ2n) is 4.31. The van der Waals surface area contributed by atoms with Crippen molar-refractivity contribution < 1.29 is 4.79 Å². The summed E-state index contributed by atoms with van der Waals surface area (Å²) >= 11 is 2.69. The highest BCUT2D eigenvalue weighted by molar-refractivity contribution is 7.98. The van der Waals surface area contributed by atoms with Crippen LogP contribution < -0.4 is 5.32 Å². The van der Waals surface area contributed by atoms with Crippen LogP contribution in [0.25, 0.3) is 0 Å². The molecule has 2 aromatic heterocycles. The average molecular weight is 292 g/mol. The van der Waals surface area contributed by atoms with E-state index >= 15 is 0 Å². The van der Waals surface area contributed by atoms with E-state index in [9.17, 15) is 4.79 Å². The maximum atomic E-state index is 12.1. The molecule has 1 fully saturated rings. The highest BCUT2D eigenvalue weighted by Gasteiger charge is 2.44. The van der Waals surface area contributed by atoms with Crippen LogP contribution >= 0.6 is 23.3 Å². The molecule has 0 aliphatic heterocycles. The highest BCUT2D eigenvalue weighted by Crippen LogP contribution is 2.47. The van der Waals surface area contributed by atoms with E-state index in [1.54, 1.807) is 6.20 Å². The first-order valence-corrected chi connectivity index (χ1v) is 7.86. The fourth-order valence-electron chi connectivity index (χ4n) is 1.99. The second kappa shape index (κ2) is 5.26. The molecule has 2 atom stereocenters. The van der Waals surface area contributed by atoms with Gasteiger partial charge in [0, 0.05) is 29.8 Å². The Kier molecular flexibility index (Phi) is 3.48. The summed E-state index contributed by atoms with van der Waals surface area (Å²) in [6.07, 6.45) is 6.36. The smallest absolute Gasteiger partial charge is 0.229 e. The third-order valence-corrected chi connectivity index (χ3v) is 4.35. The first-order chi connectivity index (χ1) is 9.28. The molecule has 0 unspecified atom stereocenters. The number of aromatic nitrogens is 3. The van der Waals surface area contributed by atoms with Crippen LogP contribution in [0.15, 0.2) is 29.7 Å². The fraction of sp³-hybridized carbons (Fsp3) is 0.333. The summed E-state index contributed by atoms with van der Waals surface area (Å²) in [5, 5.41) is 4.10. The lowest BCUT2D eigenvalue weighted by Gasteiger charge is -2.00. The van der Waals surface area contributed by atoms with E-state index in [-0.39, 0.29) is 11.8 Å². The van der Waals surface area contributed by atoms with Crippen molar-refractivity contribution in [1.82, 2.24) is 14.3 Å². The van der Waals surface area contributed by atoms with Crippen LogP contribution in [0.2, 0.25) is 0 Å². The molecule has 0 spiro atoms. The Balaban J connectivity index is 1.61. The zero-order valence-electron chi connectivity index (χ0n) is 10.2. The van der Waals surface area contributed by atoms with Gasteiger partial charge in [0.25, 0.3) is 0 Å². The van der Waals surface area contributed by atoms with Gasteiger partial charge in [-0.2, -0.15) is 9.36 Å². The van der Waals surface area contributed by atoms with Crippen molar-refractivity contribution in [3.05, 3.63) is 30.1 Å². The SMILES string of the molecule is CSc1nsc(NC(=O)[C@H]2C[C@H]2c2cccnc2)n1. The van der Waals surface area contributed by atoms with E-state index in [0.717, 1.165) is 12.0 Å². The Labute approximate surface area is 119 Å². The van der Waals surface area contributed by atoms with Gasteiger partial charge in [-0.1, -0.05) is 17.8 Å². The lowest BCUT2D eigenvalue weighted by atomic mass is 10.1. The molecule has 0 bridgehead atoms. The summed E-state index contributed by atoms with van der Waals surface area (Å²) in [5.41, 5.74) is 1.13. The van der Waals surface area contributed by atoms with Crippen LogP contribution in [0, 0.1) is 5.92 Å². The van der Waals surface area contributed by atoms with Gasteiger partial charge in [0.2, 0.25) is 16.2 Å². The fourth-order valence-corrected chi connectivity index (χ4v) is 3.12. The van der Waals surface area contributed by atoms with Gasteiger partial charge in [-0.05, 0) is 30.2 Å². The van der Waals surface area contributed by atoms with Crippen molar-refractivity contribution in [2.45, 2.75) is 17.5 Å². The van der Waals surface area contributed by atoms with Crippen LogP contribution in [0.1, 0.15) is 17.9 Å². The van der Waals surface area contributed by atoms with Gasteiger partial charge >= 0.3 is 0 Å². The zero-order chi connectivity index (χ0) is 13.2. The lowest BCUT2D eigenvalue weighted by Crippen LogP contribution is -2.14. The van der Waals surface area contributed by atoms with Crippen LogP contribution in [0.4, 0.5) is 5.13 Å². The molecule has 1 aliphatic carbocycles. The van der Waals surface area contributed by atoms with E-state index in [0.29, 0.717) is 16.2 Å². The zero-order valence-corrected chi connectivity index (χ0v) is 11.9. The summed E-state index contributed by atoms with van der Waals surface area (Å²) in [4.78, 5) is 20.3. The molecular formula is C12H12N4OS2. The van der Waals surface area contributed by atoms with Crippen molar-refractivity contribution in [2.24, 2.45) is 5.92 Å². The van der Waals surface area contributed by atoms with E-state index in [1.807, 2.05) is 24.6 Å². The quantitative estimate of drug-likeness (QED) is 0.876. The number of thioether (sulfide) groups is 1. The molecule has 0 radical (unpaired) electrons. The van der Waals surface area contributed by atoms with Gasteiger partial charge in [0.1, 0.15) is 0 Å². The maximum Gasteiger partial charge on any atom is 0.229 e. The minimum Gasteiger partial charge on any atom is -0.300 e. The van der Waals surface area contributed by atoms with Crippen LogP contribution in [0.5, 0.6) is 0 Å². The van der Waals surface area contributed by atoms with E-state index in [4.69, 9.17) is 0 Å². The molecule has 5 nitrogen and oxygen atoms in total. The summed E-state index contributed by atoms with van der Waals surface area (Å²) in [5.74, 6) is 0.352. The van der Waals surface area contributed by atoms with Gasteiger partial charge in [-0.3, -0.25) is 9.78 Å². The number of nitrogens with zero attached hydrogens (tertiary/aromatic N) is 3. The van der Waals surface area contributed by atoms with Crippen molar-refractivity contribution >= 4 is 34.3 Å². The molecule has 3 rings (SSSR count). The lowest BCUT2D eigenvalue weighted by molar-refractivity contribution is -0.117. The largest absolute Gasteiger partial charge is 0.300 e. The first kappa shape index (κ1) is 12.6. The number of hydrogen-bond acceptors (Lipinski definition) is 6. The maximum absolute atomic E-state index is 12.1. The molecule has 1 aliphatic rings. The summed E-state index contributed by atoms with van der Waals surface area (Å²) in [6.45, 7) is 0. The van der Waals surface area contributed by atoms with Gasteiger partial charge in [0.15, 0.2) is 0 Å². The number of pyridine rings is 1. The monoisotopic (exact) mass is 292 g/mol. The third kappa shape index (κ3) is 2.76. The molecule has 1 N–H and O–H groups in total. The predicted molar refractivity (Wildman–Crippen MR) is 75.4 cm³/mol. The molecule has 0 saturated heterocycles. The minimum atomic E-state index is 0.0256. The van der Waals surface area contributed by atoms with Crippen LogP contribution in [-0.4, -0.2) is 26.5 Å². The second-order valence-corrected chi connectivity index (χ2v) is 5.84. The van der Waals surface area contributed by atoms with Crippen molar-refractivity contribution in [3.63, 3.8) is 0 Å². The average Bonchev–Trinajstić information content (AvgIpc) is 3.13. The number of rotatable bonds is 4. The van der Waals surface area contributed by atoms with Crippen LogP contribution in [0.3, 0.4) is 0 Å². The molecule has 19 heavy (non-hydrogen) atoms. The van der Waals surface area contributed by atoms with E-state index in [2.05, 4.69) is 19.7 Å². The molecule has 1 amide bonds. The molecule has 2 heterocycles. The summed E-state index contributed by atoms with van der Waals surface area (Å²) < 4.78 is 4.11. The number of amides is 1. The number of nitrogens with one attached hydrogen (secondary N) is 1. The Bertz CT molecular complexity index is 586. The molecular weight excluding hydrogens is 280 g/mol. The minimum absolute atomic E-state index is 0.0256. The molecule has 7 heteroatoms. The van der Waals surface area contributed by atoms with Crippen molar-refractivity contribution in [3.8, 4) is 0 Å². The van der Waals surface area contributed by atoms with Crippen molar-refractivity contribution in [2.75, 3.05) is 11.6 Å². The van der Waals surface area contributed by atoms with Gasteiger partial charge in [0.05, 0.1) is 0 Å². The molecule has 1 saturated carbocycles. The number of carbonyl (C=O) groups excluding carboxylic acids is 1. The Hall–Kier alpha value is -1.47. The standard InChI is InChI=1S/C12H12N4OS2/c1-18-12-15-11(19-16-12)14-10(17)9-5-8(9)7-3-2-4-13-6-7/h2-4,6,8-9H,5H2,1H3,(H,14,15,16,17)/t8-,9-/m0/s1. The number of carbonyl (C=O) groups is 1. The predicted octanol–water partition coefficient (Wildman–Crippen LogP) is 2.40. The summed E-state index contributed by atoms with van der Waals surface area (Å²) in [6, 6.07) is 3.92. The Morgan fingerprint density at radius 1 is 1.58 bits per heavy atom. The third-order valence-electron chi connectivity index (χ3n) is 3.06. The van der Waals surface area contributed by atoms with Gasteiger partial charge in [-0.25, -0.2) is 0 Å². The number of hydrogen-bond donors (Lipinski definition) is 1. The van der Waals surface area contributed by atoms with Gasteiger partial charge < -0.3 is 5.32 Å². The first-order valence-electron chi connectivity index (χ1n) is 5.86. The Morgan fingerprint density at radius 3 is 3.16 bits per heavy atom. The Morgan fingerprint density at radius 2 is 2.47 bits per heavy atom. The van der Waals surface area contributed by atoms with Crippen molar-refractivity contribution in [1.29, 1.82) is 0 Å². The van der Waals surface area contributed by atoms with E-state index < -0.39 is 0 Å². The molecule has 2 aromatic rings. The van der Waals surface area contributed by atoms with E-state index in [1.165, 1.54) is 23.3 Å². The topological polar surface area (TPSA) is 67.8 Å². The van der Waals surface area contributed by atoms with Gasteiger partial charge in [-0.15, -0.1) is 0 Å².